The fourth-order valence-corrected chi connectivity index (χ4v) is 7.67. The normalized spacial score (nSPS) is 16.0. The molecule has 5 heterocycles. The molecule has 2 amide bonds. The average Bonchev–Trinajstić information content (AvgIpc) is 3.58. The van der Waals surface area contributed by atoms with Crippen LogP contribution in [-0.4, -0.2) is 95.9 Å². The first kappa shape index (κ1) is 54.3. The molecule has 1 saturated heterocycles. The fourth-order valence-electron chi connectivity index (χ4n) is 7.52. The molecule has 0 bridgehead atoms. The Morgan fingerprint density at radius 1 is 0.648 bits per heavy atom. The van der Waals surface area contributed by atoms with Gasteiger partial charge in [-0.15, -0.1) is 0 Å². The van der Waals surface area contributed by atoms with E-state index in [4.69, 9.17) is 50.4 Å². The number of ether oxygens (including phenoxy) is 2. The number of carbonyl (C=O) groups excluding carboxylic acids is 2. The van der Waals surface area contributed by atoms with Crippen LogP contribution in [0.2, 0.25) is 5.15 Å². The lowest BCUT2D eigenvalue weighted by Crippen LogP contribution is -2.41. The molecule has 0 spiro atoms. The van der Waals surface area contributed by atoms with Crippen molar-refractivity contribution < 1.29 is 28.4 Å². The molecule has 3 aliphatic rings. The molecule has 0 aliphatic carbocycles. The van der Waals surface area contributed by atoms with E-state index in [1.165, 1.54) is 17.1 Å². The molecule has 6 aromatic rings. The minimum Gasteiger partial charge on any atom is -0.457 e. The third-order valence-corrected chi connectivity index (χ3v) is 12.5. The number of primary amides is 2. The molecule has 0 unspecified atom stereocenters. The van der Waals surface area contributed by atoms with Gasteiger partial charge in [0.25, 0.3) is 11.8 Å². The molecule has 2 radical (unpaired) electrons. The quantitative estimate of drug-likeness (QED) is 0.0679. The van der Waals surface area contributed by atoms with Gasteiger partial charge >= 0.3 is 7.12 Å². The zero-order valence-electron chi connectivity index (χ0n) is 40.9. The van der Waals surface area contributed by atoms with E-state index in [0.29, 0.717) is 33.4 Å². The summed E-state index contributed by atoms with van der Waals surface area (Å²) in [6, 6.07) is 40.6. The summed E-state index contributed by atoms with van der Waals surface area (Å²) in [6.45, 7) is 12.4. The molecular formula is C54H59B2ClIN7O6. The fraction of sp³-hybridized carbons (Fsp3) is 0.259. The standard InChI is InChI=1S/C24H23N3O2.C18H13ClN2O2.C12H22BNO2.BHIN/c1-27-15-13-17(14-16-27)22-12-11-21(24(25)28)23(26-22)18-7-9-20(10-8-18)29-19-5-3-2-4-6-19;19-16-11-10-15(18(20)22)17(21-16)12-6-8-14(9-7-12)23-13-4-2-1-3-5-13;1-11(2)12(3,4)16-13(15-11)10-6-8-14(5)9-7-10;1-2-3/h2-13H,14-16H2,1H3,(H2,25,28);1-11H,(H2,20,22);6H,7-9H2,1-5H3;3H. The van der Waals surface area contributed by atoms with Crippen LogP contribution in [0.5, 0.6) is 23.0 Å². The molecule has 366 valence electrons. The summed E-state index contributed by atoms with van der Waals surface area (Å²) in [5.41, 5.74) is 21.9. The second kappa shape index (κ2) is 25.4. The minimum atomic E-state index is -0.660. The van der Waals surface area contributed by atoms with Gasteiger partial charge in [0.2, 0.25) is 0 Å². The number of halogens is 2. The maximum Gasteiger partial charge on any atom is 0.490 e. The molecule has 0 saturated carbocycles. The van der Waals surface area contributed by atoms with Crippen LogP contribution in [0.1, 0.15) is 66.9 Å². The molecule has 1 fully saturated rings. The molecular weight excluding hydrogens is 1030 g/mol. The summed E-state index contributed by atoms with van der Waals surface area (Å²) < 4.78 is 29.7. The van der Waals surface area contributed by atoms with Crippen molar-refractivity contribution in [2.75, 3.05) is 40.3 Å². The van der Waals surface area contributed by atoms with Gasteiger partial charge in [0.1, 0.15) is 28.2 Å². The smallest absolute Gasteiger partial charge is 0.457 e. The number of carbonyl (C=O) groups is 2. The van der Waals surface area contributed by atoms with E-state index >= 15 is 0 Å². The summed E-state index contributed by atoms with van der Waals surface area (Å²) in [4.78, 5) is 37.1. The number of rotatable bonds is 10. The van der Waals surface area contributed by atoms with Crippen LogP contribution in [0.3, 0.4) is 0 Å². The highest BCUT2D eigenvalue weighted by molar-refractivity contribution is 14.2. The molecule has 13 nitrogen and oxygen atoms in total. The first-order valence-corrected chi connectivity index (χ1v) is 25.7. The van der Waals surface area contributed by atoms with Crippen molar-refractivity contribution in [3.63, 3.8) is 0 Å². The number of pyridine rings is 2. The Morgan fingerprint density at radius 2 is 1.07 bits per heavy atom. The molecule has 5 N–H and O–H groups in total. The first-order valence-electron chi connectivity index (χ1n) is 23.0. The van der Waals surface area contributed by atoms with Gasteiger partial charge in [-0.05, 0) is 163 Å². The van der Waals surface area contributed by atoms with Crippen LogP contribution in [0.25, 0.3) is 28.1 Å². The number of aromatic nitrogens is 2. The van der Waals surface area contributed by atoms with Crippen LogP contribution in [-0.2, 0) is 9.31 Å². The molecule has 17 heteroatoms. The van der Waals surface area contributed by atoms with Gasteiger partial charge in [-0.2, -0.15) is 0 Å². The van der Waals surface area contributed by atoms with Gasteiger partial charge in [-0.25, -0.2) is 9.97 Å². The zero-order chi connectivity index (χ0) is 51.1. The van der Waals surface area contributed by atoms with Crippen molar-refractivity contribution in [2.24, 2.45) is 11.5 Å². The van der Waals surface area contributed by atoms with Crippen LogP contribution in [0.4, 0.5) is 0 Å². The highest BCUT2D eigenvalue weighted by atomic mass is 127. The van der Waals surface area contributed by atoms with Crippen LogP contribution in [0, 0.1) is 3.56 Å². The highest BCUT2D eigenvalue weighted by Gasteiger charge is 2.52. The van der Waals surface area contributed by atoms with Crippen molar-refractivity contribution in [2.45, 2.75) is 51.7 Å². The number of benzene rings is 4. The number of likely N-dealkylation sites (N-methyl/N-ethyl adjacent to an activating group) is 2. The lowest BCUT2D eigenvalue weighted by Gasteiger charge is -2.32. The van der Waals surface area contributed by atoms with Gasteiger partial charge in [-0.1, -0.05) is 81.0 Å². The summed E-state index contributed by atoms with van der Waals surface area (Å²) in [5, 5.41) is 0.301. The predicted octanol–water partition coefficient (Wildman–Crippen LogP) is 11.3. The monoisotopic (exact) mass is 1090 g/mol. The minimum absolute atomic E-state index is 0.140. The Morgan fingerprint density at radius 3 is 1.49 bits per heavy atom. The molecule has 4 aromatic carbocycles. The maximum atomic E-state index is 12.0. The number of nitrogens with zero attached hydrogens (tertiary/aromatic N) is 4. The van der Waals surface area contributed by atoms with E-state index in [0.717, 1.165) is 73.1 Å². The largest absolute Gasteiger partial charge is 0.490 e. The van der Waals surface area contributed by atoms with E-state index in [-0.39, 0.29) is 18.3 Å². The molecule has 2 aromatic heterocycles. The maximum absolute atomic E-state index is 12.0. The van der Waals surface area contributed by atoms with Gasteiger partial charge in [-0.3, -0.25) is 13.2 Å². The molecule has 3 aliphatic heterocycles. The predicted molar refractivity (Wildman–Crippen MR) is 293 cm³/mol. The number of nitrogens with one attached hydrogen (secondary N) is 1. The van der Waals surface area contributed by atoms with Crippen LogP contribution in [0.15, 0.2) is 151 Å². The summed E-state index contributed by atoms with van der Waals surface area (Å²) in [6.07, 6.45) is 6.41. The van der Waals surface area contributed by atoms with Gasteiger partial charge in [0, 0.05) is 37.3 Å². The third-order valence-electron chi connectivity index (χ3n) is 12.2. The summed E-state index contributed by atoms with van der Waals surface area (Å²) in [7, 11) is 4.09. The number of hydrogen-bond donors (Lipinski definition) is 3. The third kappa shape index (κ3) is 15.2. The summed E-state index contributed by atoms with van der Waals surface area (Å²) in [5.74, 6) is 1.89. The van der Waals surface area contributed by atoms with Crippen molar-refractivity contribution in [3.05, 3.63) is 173 Å². The number of amides is 2. The van der Waals surface area contributed by atoms with Crippen molar-refractivity contribution >= 4 is 62.6 Å². The van der Waals surface area contributed by atoms with Crippen molar-refractivity contribution in [1.82, 2.24) is 19.8 Å². The Kier molecular flexibility index (Phi) is 19.4. The SMILES string of the molecule is CN1CC=C(B2OC(C)(C)C(C)(C)O2)CC1.CN1CC=C(c2ccc(C(N)=O)c(-c3ccc(Oc4ccccc4)cc3)n2)CC1.NC(=O)c1ccc(Cl)nc1-c1ccc(Oc2ccccc2)cc1.[B]I=N. The van der Waals surface area contributed by atoms with Crippen molar-refractivity contribution in [1.29, 1.82) is 3.56 Å². The molecule has 0 atom stereocenters. The van der Waals surface area contributed by atoms with Crippen LogP contribution >= 0.6 is 32.4 Å². The van der Waals surface area contributed by atoms with E-state index in [1.807, 2.05) is 103 Å². The van der Waals surface area contributed by atoms with E-state index in [9.17, 15) is 9.59 Å². The van der Waals surface area contributed by atoms with E-state index in [1.54, 1.807) is 24.3 Å². The van der Waals surface area contributed by atoms with Gasteiger partial charge in [0.15, 0.2) is 5.70 Å². The van der Waals surface area contributed by atoms with Gasteiger partial charge in [0.05, 0.1) is 39.4 Å². The lowest BCUT2D eigenvalue weighted by atomic mass is 9.75. The number of nitrogens with two attached hydrogens (primary N) is 2. The zero-order valence-corrected chi connectivity index (χ0v) is 43.8. The summed E-state index contributed by atoms with van der Waals surface area (Å²) >= 11 is 5.26. The number of para-hydroxylation sites is 2. The second-order valence-corrected chi connectivity index (χ2v) is 19.0. The lowest BCUT2D eigenvalue weighted by molar-refractivity contribution is 0.00578. The first-order chi connectivity index (χ1) is 34.0. The molecule has 71 heavy (non-hydrogen) atoms. The van der Waals surface area contributed by atoms with Crippen LogP contribution < -0.4 is 20.9 Å². The Hall–Kier alpha value is -6.01. The number of hydrogen-bond acceptors (Lipinski definition) is 11. The molecule has 9 rings (SSSR count). The topological polar surface area (TPSA) is 179 Å². The second-order valence-electron chi connectivity index (χ2n) is 18.0. The van der Waals surface area contributed by atoms with E-state index < -0.39 is 32.6 Å². The average molecular weight is 1090 g/mol. The van der Waals surface area contributed by atoms with Crippen molar-refractivity contribution in [3.8, 4) is 45.5 Å². The Labute approximate surface area is 433 Å². The van der Waals surface area contributed by atoms with E-state index in [2.05, 4.69) is 74.4 Å². The highest BCUT2D eigenvalue weighted by Crippen LogP contribution is 2.39. The Bertz CT molecular complexity index is 2800. The van der Waals surface area contributed by atoms with Gasteiger partial charge < -0.3 is 40.0 Å². The Balaban J connectivity index is 0.000000176.